The van der Waals surface area contributed by atoms with Crippen LogP contribution in [0.5, 0.6) is 0 Å². The van der Waals surface area contributed by atoms with Gasteiger partial charge in [0.1, 0.15) is 17.0 Å². The third kappa shape index (κ3) is 2.97. The molecule has 0 atom stereocenters. The van der Waals surface area contributed by atoms with E-state index < -0.39 is 17.3 Å². The van der Waals surface area contributed by atoms with Gasteiger partial charge in [-0.25, -0.2) is 9.18 Å². The standard InChI is InChI=1S/C22H18FNO4/c1-11-7-17-20(21-19(11)12(2)10-27-21)13(3)16(22(26)28-17)9-18(25)24-15-6-4-5-14(23)8-15/h4-8,10H,9H2,1-3H3,(H,24,25). The van der Waals surface area contributed by atoms with Crippen LogP contribution < -0.4 is 10.9 Å². The molecule has 2 aromatic heterocycles. The summed E-state index contributed by atoms with van der Waals surface area (Å²) in [7, 11) is 0. The number of rotatable bonds is 3. The van der Waals surface area contributed by atoms with E-state index in [-0.39, 0.29) is 12.0 Å². The molecule has 0 aliphatic rings. The molecule has 2 aromatic carbocycles. The zero-order valence-electron chi connectivity index (χ0n) is 15.7. The fourth-order valence-electron chi connectivity index (χ4n) is 3.61. The Morgan fingerprint density at radius 3 is 2.64 bits per heavy atom. The Morgan fingerprint density at radius 1 is 1.11 bits per heavy atom. The van der Waals surface area contributed by atoms with Crippen molar-refractivity contribution in [1.82, 2.24) is 0 Å². The molecule has 0 aliphatic carbocycles. The zero-order valence-corrected chi connectivity index (χ0v) is 15.7. The zero-order chi connectivity index (χ0) is 20.0. The lowest BCUT2D eigenvalue weighted by atomic mass is 9.99. The molecule has 142 valence electrons. The second-order valence-electron chi connectivity index (χ2n) is 6.92. The largest absolute Gasteiger partial charge is 0.463 e. The van der Waals surface area contributed by atoms with E-state index >= 15 is 0 Å². The summed E-state index contributed by atoms with van der Waals surface area (Å²) in [6.45, 7) is 5.66. The van der Waals surface area contributed by atoms with Crippen LogP contribution in [0.15, 0.2) is 50.2 Å². The van der Waals surface area contributed by atoms with Gasteiger partial charge in [0.05, 0.1) is 23.6 Å². The number of fused-ring (bicyclic) bond motifs is 3. The van der Waals surface area contributed by atoms with Gasteiger partial charge in [-0.15, -0.1) is 0 Å². The van der Waals surface area contributed by atoms with Crippen LogP contribution in [0.4, 0.5) is 10.1 Å². The summed E-state index contributed by atoms with van der Waals surface area (Å²) in [5.74, 6) is -0.885. The van der Waals surface area contributed by atoms with E-state index in [0.29, 0.717) is 27.8 Å². The van der Waals surface area contributed by atoms with Crippen LogP contribution in [0.3, 0.4) is 0 Å². The number of carbonyl (C=O) groups is 1. The number of nitrogens with one attached hydrogen (secondary N) is 1. The number of aryl methyl sites for hydroxylation is 3. The van der Waals surface area contributed by atoms with Crippen molar-refractivity contribution in [3.63, 3.8) is 0 Å². The molecule has 0 bridgehead atoms. The van der Waals surface area contributed by atoms with E-state index in [1.54, 1.807) is 19.3 Å². The summed E-state index contributed by atoms with van der Waals surface area (Å²) < 4.78 is 24.5. The SMILES string of the molecule is Cc1coc2c1c(C)cc1oc(=O)c(CC(=O)Nc3cccc(F)c3)c(C)c12. The van der Waals surface area contributed by atoms with Crippen molar-refractivity contribution in [3.05, 3.63) is 75.1 Å². The Morgan fingerprint density at radius 2 is 1.89 bits per heavy atom. The number of amides is 1. The van der Waals surface area contributed by atoms with Gasteiger partial charge in [0, 0.05) is 11.1 Å². The Bertz CT molecular complexity index is 1300. The normalized spacial score (nSPS) is 11.3. The van der Waals surface area contributed by atoms with E-state index in [2.05, 4.69) is 5.32 Å². The number of hydrogen-bond donors (Lipinski definition) is 1. The van der Waals surface area contributed by atoms with E-state index in [9.17, 15) is 14.0 Å². The molecule has 5 nitrogen and oxygen atoms in total. The first-order chi connectivity index (χ1) is 13.3. The van der Waals surface area contributed by atoms with Gasteiger partial charge in [-0.3, -0.25) is 4.79 Å². The highest BCUT2D eigenvalue weighted by Crippen LogP contribution is 2.34. The van der Waals surface area contributed by atoms with Gasteiger partial charge >= 0.3 is 5.63 Å². The molecule has 0 saturated heterocycles. The van der Waals surface area contributed by atoms with Crippen molar-refractivity contribution in [2.24, 2.45) is 0 Å². The molecular formula is C22H18FNO4. The lowest BCUT2D eigenvalue weighted by Gasteiger charge is -2.10. The molecule has 6 heteroatoms. The van der Waals surface area contributed by atoms with Gasteiger partial charge in [-0.05, 0) is 61.7 Å². The predicted molar refractivity (Wildman–Crippen MR) is 105 cm³/mol. The summed E-state index contributed by atoms with van der Waals surface area (Å²) in [6, 6.07) is 7.39. The number of halogens is 1. The average molecular weight is 379 g/mol. The van der Waals surface area contributed by atoms with Gasteiger partial charge in [0.2, 0.25) is 5.91 Å². The molecule has 0 unspecified atom stereocenters. The first kappa shape index (κ1) is 18.0. The smallest absolute Gasteiger partial charge is 0.340 e. The lowest BCUT2D eigenvalue weighted by molar-refractivity contribution is -0.115. The molecule has 4 aromatic rings. The second-order valence-corrected chi connectivity index (χ2v) is 6.92. The summed E-state index contributed by atoms with van der Waals surface area (Å²) in [5, 5.41) is 4.26. The van der Waals surface area contributed by atoms with E-state index in [1.165, 1.54) is 18.2 Å². The van der Waals surface area contributed by atoms with E-state index in [4.69, 9.17) is 8.83 Å². The highest BCUT2D eigenvalue weighted by molar-refractivity contribution is 6.07. The van der Waals surface area contributed by atoms with E-state index in [1.807, 2.05) is 19.9 Å². The van der Waals surface area contributed by atoms with Crippen molar-refractivity contribution in [2.45, 2.75) is 27.2 Å². The molecule has 0 fully saturated rings. The van der Waals surface area contributed by atoms with Crippen molar-refractivity contribution < 1.29 is 18.0 Å². The lowest BCUT2D eigenvalue weighted by Crippen LogP contribution is -2.20. The Hall–Kier alpha value is -3.41. The maximum Gasteiger partial charge on any atom is 0.340 e. The summed E-state index contributed by atoms with van der Waals surface area (Å²) >= 11 is 0. The minimum absolute atomic E-state index is 0.185. The number of hydrogen-bond acceptors (Lipinski definition) is 4. The third-order valence-electron chi connectivity index (χ3n) is 4.91. The van der Waals surface area contributed by atoms with Crippen LogP contribution in [0, 0.1) is 26.6 Å². The van der Waals surface area contributed by atoms with Gasteiger partial charge in [-0.1, -0.05) is 6.07 Å². The molecule has 4 rings (SSSR count). The van der Waals surface area contributed by atoms with Gasteiger partial charge < -0.3 is 14.2 Å². The highest BCUT2D eigenvalue weighted by atomic mass is 19.1. The summed E-state index contributed by atoms with van der Waals surface area (Å²) in [5.41, 5.74) is 3.66. The first-order valence-electron chi connectivity index (χ1n) is 8.84. The van der Waals surface area contributed by atoms with Crippen molar-refractivity contribution >= 4 is 33.5 Å². The van der Waals surface area contributed by atoms with Crippen LogP contribution in [0.1, 0.15) is 22.3 Å². The minimum Gasteiger partial charge on any atom is -0.463 e. The monoisotopic (exact) mass is 379 g/mol. The number of furan rings is 1. The first-order valence-corrected chi connectivity index (χ1v) is 8.84. The molecule has 0 saturated carbocycles. The summed E-state index contributed by atoms with van der Waals surface area (Å²) in [6.07, 6.45) is 1.48. The van der Waals surface area contributed by atoms with Crippen LogP contribution in [0.25, 0.3) is 21.9 Å². The van der Waals surface area contributed by atoms with Crippen molar-refractivity contribution in [1.29, 1.82) is 0 Å². The van der Waals surface area contributed by atoms with Crippen molar-refractivity contribution in [3.8, 4) is 0 Å². The van der Waals surface area contributed by atoms with Crippen LogP contribution in [0.2, 0.25) is 0 Å². The maximum absolute atomic E-state index is 13.3. The molecular weight excluding hydrogens is 361 g/mol. The molecule has 1 N–H and O–H groups in total. The fourth-order valence-corrected chi connectivity index (χ4v) is 3.61. The van der Waals surface area contributed by atoms with Gasteiger partial charge in [0.15, 0.2) is 0 Å². The highest BCUT2D eigenvalue weighted by Gasteiger charge is 2.20. The molecule has 0 radical (unpaired) electrons. The molecule has 1 amide bonds. The quantitative estimate of drug-likeness (QED) is 0.520. The van der Waals surface area contributed by atoms with Gasteiger partial charge in [-0.2, -0.15) is 0 Å². The third-order valence-corrected chi connectivity index (χ3v) is 4.91. The minimum atomic E-state index is -0.568. The Kier molecular flexibility index (Phi) is 4.26. The second kappa shape index (κ2) is 6.64. The Labute approximate surface area is 159 Å². The number of benzene rings is 2. The predicted octanol–water partition coefficient (Wildman–Crippen LogP) is 4.78. The van der Waals surface area contributed by atoms with Crippen LogP contribution in [-0.4, -0.2) is 5.91 Å². The van der Waals surface area contributed by atoms with Crippen LogP contribution >= 0.6 is 0 Å². The Balaban J connectivity index is 1.79. The van der Waals surface area contributed by atoms with E-state index in [0.717, 1.165) is 16.5 Å². The molecule has 28 heavy (non-hydrogen) atoms. The average Bonchev–Trinajstić information content (AvgIpc) is 3.00. The van der Waals surface area contributed by atoms with Crippen LogP contribution in [-0.2, 0) is 11.2 Å². The number of carbonyl (C=O) groups excluding carboxylic acids is 1. The van der Waals surface area contributed by atoms with Gasteiger partial charge in [0.25, 0.3) is 0 Å². The van der Waals surface area contributed by atoms with Crippen molar-refractivity contribution in [2.75, 3.05) is 5.32 Å². The topological polar surface area (TPSA) is 72.5 Å². The fraction of sp³-hybridized carbons (Fsp3) is 0.182. The molecule has 0 spiro atoms. The summed E-state index contributed by atoms with van der Waals surface area (Å²) in [4.78, 5) is 24.9. The molecule has 0 aliphatic heterocycles. The number of anilines is 1. The molecule has 2 heterocycles. The maximum atomic E-state index is 13.3.